The maximum Gasteiger partial charge on any atom is 0.333 e. The Morgan fingerprint density at radius 2 is 2.11 bits per heavy atom. The molecule has 3 aromatic rings. The molecule has 1 saturated carbocycles. The van der Waals surface area contributed by atoms with E-state index in [4.69, 9.17) is 16.7 Å². The highest BCUT2D eigenvalue weighted by atomic mass is 35.5. The fraction of sp³-hybridized carbons (Fsp3) is 0.348. The number of hydrogen-bond donors (Lipinski definition) is 4. The SMILES string of the molecule is CC(O)(c1cccc(Cl)c1)c1ccc(C(=O)c2cncnc2NC2C[C@H](COS(N)(=O)=O)[C@@H](O)C2)s1. The van der Waals surface area contributed by atoms with Crippen molar-refractivity contribution in [2.75, 3.05) is 11.9 Å². The number of halogens is 1. The molecule has 0 radical (unpaired) electrons. The van der Waals surface area contributed by atoms with Gasteiger partial charge in [-0.15, -0.1) is 11.3 Å². The lowest BCUT2D eigenvalue weighted by Gasteiger charge is -2.22. The molecule has 1 aliphatic rings. The van der Waals surface area contributed by atoms with E-state index in [1.54, 1.807) is 43.3 Å². The normalized spacial score (nSPS) is 21.8. The lowest BCUT2D eigenvalue weighted by atomic mass is 9.94. The van der Waals surface area contributed by atoms with Crippen LogP contribution >= 0.6 is 22.9 Å². The second-order valence-corrected chi connectivity index (χ2v) is 11.5. The van der Waals surface area contributed by atoms with Crippen LogP contribution < -0.4 is 10.5 Å². The molecule has 4 rings (SSSR count). The number of nitrogens with zero attached hydrogens (tertiary/aromatic N) is 2. The number of nitrogens with one attached hydrogen (secondary N) is 1. The number of rotatable bonds is 9. The molecule has 0 bridgehead atoms. The largest absolute Gasteiger partial charge is 0.393 e. The topological polar surface area (TPSA) is 165 Å². The minimum absolute atomic E-state index is 0.229. The molecule has 0 aliphatic heterocycles. The van der Waals surface area contributed by atoms with Crippen LogP contribution in [-0.4, -0.2) is 53.1 Å². The molecule has 5 N–H and O–H groups in total. The van der Waals surface area contributed by atoms with Crippen LogP contribution in [0, 0.1) is 5.92 Å². The molecular formula is C23H25ClN4O6S2. The second kappa shape index (κ2) is 10.5. The first-order valence-corrected chi connectivity index (χ1v) is 13.7. The fourth-order valence-corrected chi connectivity index (χ4v) is 5.76. The van der Waals surface area contributed by atoms with Crippen LogP contribution in [0.2, 0.25) is 5.02 Å². The smallest absolute Gasteiger partial charge is 0.333 e. The van der Waals surface area contributed by atoms with Crippen LogP contribution in [0.25, 0.3) is 0 Å². The highest BCUT2D eigenvalue weighted by molar-refractivity contribution is 7.84. The van der Waals surface area contributed by atoms with E-state index in [1.807, 2.05) is 0 Å². The standard InChI is InChI=1S/C23H25ClN4O6S2/c1-23(31,14-3-2-4-15(24)8-14)20-6-5-19(35-20)21(30)17-10-26-12-27-22(17)28-16-7-13(18(29)9-16)11-34-36(25,32)33/h2-6,8,10,12-13,16,18,29,31H,7,9,11H2,1H3,(H2,25,32,33)(H,26,27,28)/t13-,16?,18+,23?/m1/s1. The molecule has 1 aliphatic carbocycles. The van der Waals surface area contributed by atoms with E-state index >= 15 is 0 Å². The first kappa shape index (κ1) is 26.6. The molecule has 10 nitrogen and oxygen atoms in total. The van der Waals surface area contributed by atoms with E-state index in [2.05, 4.69) is 19.5 Å². The van der Waals surface area contributed by atoms with Gasteiger partial charge in [0.2, 0.25) is 5.78 Å². The predicted molar refractivity (Wildman–Crippen MR) is 135 cm³/mol. The molecule has 1 fully saturated rings. The van der Waals surface area contributed by atoms with Crippen molar-refractivity contribution in [1.29, 1.82) is 0 Å². The van der Waals surface area contributed by atoms with Crippen LogP contribution in [0.1, 0.15) is 45.4 Å². The van der Waals surface area contributed by atoms with Gasteiger partial charge in [0.15, 0.2) is 0 Å². The zero-order valence-corrected chi connectivity index (χ0v) is 21.6. The van der Waals surface area contributed by atoms with Crippen LogP contribution in [0.4, 0.5) is 5.82 Å². The summed E-state index contributed by atoms with van der Waals surface area (Å²) < 4.78 is 26.8. The maximum absolute atomic E-state index is 13.4. The van der Waals surface area contributed by atoms with Gasteiger partial charge < -0.3 is 15.5 Å². The number of aliphatic hydroxyl groups excluding tert-OH is 1. The maximum atomic E-state index is 13.4. The van der Waals surface area contributed by atoms with Crippen molar-refractivity contribution >= 4 is 44.8 Å². The van der Waals surface area contributed by atoms with Crippen LogP contribution in [0.15, 0.2) is 48.9 Å². The van der Waals surface area contributed by atoms with Crippen LogP contribution in [-0.2, 0) is 20.1 Å². The molecule has 36 heavy (non-hydrogen) atoms. The van der Waals surface area contributed by atoms with Gasteiger partial charge >= 0.3 is 10.3 Å². The molecule has 13 heteroatoms. The minimum Gasteiger partial charge on any atom is -0.393 e. The van der Waals surface area contributed by atoms with E-state index in [1.165, 1.54) is 12.5 Å². The lowest BCUT2D eigenvalue weighted by molar-refractivity contribution is 0.101. The van der Waals surface area contributed by atoms with Crippen molar-refractivity contribution in [1.82, 2.24) is 9.97 Å². The summed E-state index contributed by atoms with van der Waals surface area (Å²) in [4.78, 5) is 22.5. The van der Waals surface area contributed by atoms with E-state index in [-0.39, 0.29) is 29.8 Å². The number of benzene rings is 1. The third-order valence-electron chi connectivity index (χ3n) is 6.10. The van der Waals surface area contributed by atoms with Gasteiger partial charge in [-0.3, -0.25) is 8.98 Å². The van der Waals surface area contributed by atoms with Gasteiger partial charge in [-0.1, -0.05) is 23.7 Å². The first-order valence-electron chi connectivity index (χ1n) is 11.0. The van der Waals surface area contributed by atoms with Crippen molar-refractivity contribution < 1.29 is 27.6 Å². The molecule has 4 atom stereocenters. The summed E-state index contributed by atoms with van der Waals surface area (Å²) in [5, 5.41) is 30.0. The summed E-state index contributed by atoms with van der Waals surface area (Å²) in [5.41, 5.74) is -0.523. The average molecular weight is 553 g/mol. The number of aromatic nitrogens is 2. The zero-order chi connectivity index (χ0) is 26.1. The van der Waals surface area contributed by atoms with Crippen molar-refractivity contribution in [3.8, 4) is 0 Å². The molecule has 2 unspecified atom stereocenters. The molecule has 192 valence electrons. The summed E-state index contributed by atoms with van der Waals surface area (Å²) >= 11 is 7.23. The predicted octanol–water partition coefficient (Wildman–Crippen LogP) is 2.45. The number of nitrogens with two attached hydrogens (primary N) is 1. The van der Waals surface area contributed by atoms with Crippen LogP contribution in [0.3, 0.4) is 0 Å². The van der Waals surface area contributed by atoms with Gasteiger partial charge in [0.05, 0.1) is 23.2 Å². The van der Waals surface area contributed by atoms with E-state index < -0.39 is 27.9 Å². The number of carbonyl (C=O) groups excluding carboxylic acids is 1. The second-order valence-electron chi connectivity index (χ2n) is 8.78. The van der Waals surface area contributed by atoms with Gasteiger partial charge in [-0.05, 0) is 49.6 Å². The monoisotopic (exact) mass is 552 g/mol. The number of anilines is 1. The Morgan fingerprint density at radius 1 is 1.33 bits per heavy atom. The van der Waals surface area contributed by atoms with Crippen molar-refractivity contribution in [2.24, 2.45) is 11.1 Å². The Hall–Kier alpha value is -2.45. The Kier molecular flexibility index (Phi) is 7.76. The summed E-state index contributed by atoms with van der Waals surface area (Å²) in [5.74, 6) is -0.490. The highest BCUT2D eigenvalue weighted by Crippen LogP contribution is 2.36. The van der Waals surface area contributed by atoms with Gasteiger partial charge in [0, 0.05) is 28.1 Å². The molecular weight excluding hydrogens is 528 g/mol. The van der Waals surface area contributed by atoms with E-state index in [0.717, 1.165) is 11.3 Å². The summed E-state index contributed by atoms with van der Waals surface area (Å²) in [6.45, 7) is 1.40. The highest BCUT2D eigenvalue weighted by Gasteiger charge is 2.35. The Labute approximate surface area is 217 Å². The van der Waals surface area contributed by atoms with Crippen molar-refractivity contribution in [3.05, 3.63) is 74.8 Å². The number of aliphatic hydroxyl groups is 2. The molecule has 0 spiro atoms. The van der Waals surface area contributed by atoms with Gasteiger partial charge in [-0.25, -0.2) is 15.1 Å². The Balaban J connectivity index is 1.50. The fourth-order valence-electron chi connectivity index (χ4n) is 4.17. The van der Waals surface area contributed by atoms with Crippen LogP contribution in [0.5, 0.6) is 0 Å². The molecule has 2 aromatic heterocycles. The summed E-state index contributed by atoms with van der Waals surface area (Å²) in [7, 11) is -4.11. The number of thiophene rings is 1. The first-order chi connectivity index (χ1) is 16.9. The quantitative estimate of drug-likeness (QED) is 0.292. The Bertz CT molecular complexity index is 1360. The van der Waals surface area contributed by atoms with Gasteiger partial charge in [-0.2, -0.15) is 8.42 Å². The molecule has 2 heterocycles. The lowest BCUT2D eigenvalue weighted by Crippen LogP contribution is -2.24. The van der Waals surface area contributed by atoms with Gasteiger partial charge in [0.25, 0.3) is 0 Å². The zero-order valence-electron chi connectivity index (χ0n) is 19.2. The number of carbonyl (C=O) groups is 1. The molecule has 0 saturated heterocycles. The molecule has 1 aromatic carbocycles. The van der Waals surface area contributed by atoms with Gasteiger partial charge in [0.1, 0.15) is 17.7 Å². The third kappa shape index (κ3) is 6.09. The molecule has 0 amide bonds. The number of ketones is 1. The summed E-state index contributed by atoms with van der Waals surface area (Å²) in [6.07, 6.45) is 2.59. The minimum atomic E-state index is -4.11. The van der Waals surface area contributed by atoms with Crippen molar-refractivity contribution in [2.45, 2.75) is 37.5 Å². The van der Waals surface area contributed by atoms with E-state index in [9.17, 15) is 23.4 Å². The average Bonchev–Trinajstić information content (AvgIpc) is 3.44. The number of hydrogen-bond acceptors (Lipinski definition) is 10. The Morgan fingerprint density at radius 3 is 2.83 bits per heavy atom. The summed E-state index contributed by atoms with van der Waals surface area (Å²) in [6, 6.07) is 9.95. The van der Waals surface area contributed by atoms with Crippen molar-refractivity contribution in [3.63, 3.8) is 0 Å². The van der Waals surface area contributed by atoms with E-state index in [0.29, 0.717) is 33.2 Å². The third-order valence-corrected chi connectivity index (χ3v) is 8.09.